The summed E-state index contributed by atoms with van der Waals surface area (Å²) in [7, 11) is -3.46. The Morgan fingerprint density at radius 2 is 1.88 bits per heavy atom. The van der Waals surface area contributed by atoms with Crippen molar-refractivity contribution in [2.45, 2.75) is 49.5 Å². The van der Waals surface area contributed by atoms with E-state index in [9.17, 15) is 8.42 Å². The van der Waals surface area contributed by atoms with E-state index in [4.69, 9.17) is 0 Å². The molecule has 1 aliphatic heterocycles. The number of rotatable bonds is 3. The molecule has 2 aromatic rings. The van der Waals surface area contributed by atoms with E-state index >= 15 is 0 Å². The van der Waals surface area contributed by atoms with Crippen molar-refractivity contribution >= 4 is 10.0 Å². The average molecular weight is 342 g/mol. The van der Waals surface area contributed by atoms with Crippen molar-refractivity contribution in [3.63, 3.8) is 0 Å². The van der Waals surface area contributed by atoms with Crippen LogP contribution in [0.25, 0.3) is 0 Å². The van der Waals surface area contributed by atoms with Gasteiger partial charge in [0.2, 0.25) is 10.0 Å². The van der Waals surface area contributed by atoms with Gasteiger partial charge in [-0.05, 0) is 73.4 Å². The fraction of sp³-hybridized carbons (Fsp3) is 0.421. The van der Waals surface area contributed by atoms with Crippen molar-refractivity contribution in [3.8, 4) is 0 Å². The Hall–Kier alpha value is -1.72. The third-order valence-corrected chi connectivity index (χ3v) is 7.10. The van der Waals surface area contributed by atoms with E-state index < -0.39 is 10.0 Å². The number of pyridine rings is 1. The summed E-state index contributed by atoms with van der Waals surface area (Å²) >= 11 is 0. The first-order chi connectivity index (χ1) is 11.7. The topological polar surface area (TPSA) is 50.3 Å². The first-order valence-electron chi connectivity index (χ1n) is 8.70. The summed E-state index contributed by atoms with van der Waals surface area (Å²) in [5, 5.41) is 0. The molecule has 0 radical (unpaired) electrons. The highest BCUT2D eigenvalue weighted by atomic mass is 32.2. The highest BCUT2D eigenvalue weighted by molar-refractivity contribution is 7.89. The van der Waals surface area contributed by atoms with Gasteiger partial charge in [0.15, 0.2) is 0 Å². The van der Waals surface area contributed by atoms with Gasteiger partial charge in [0.25, 0.3) is 0 Å². The second-order valence-corrected chi connectivity index (χ2v) is 8.59. The van der Waals surface area contributed by atoms with E-state index in [1.807, 2.05) is 24.3 Å². The molecule has 1 aromatic heterocycles. The van der Waals surface area contributed by atoms with E-state index in [1.165, 1.54) is 17.5 Å². The molecule has 0 bridgehead atoms. The molecule has 0 unspecified atom stereocenters. The lowest BCUT2D eigenvalue weighted by atomic mass is 9.92. The molecule has 4 nitrogen and oxygen atoms in total. The minimum atomic E-state index is -3.46. The van der Waals surface area contributed by atoms with E-state index in [1.54, 1.807) is 22.8 Å². The van der Waals surface area contributed by atoms with Gasteiger partial charge in [-0.2, -0.15) is 4.31 Å². The highest BCUT2D eigenvalue weighted by Crippen LogP contribution is 2.37. The summed E-state index contributed by atoms with van der Waals surface area (Å²) in [6.07, 6.45) is 9.67. The molecular weight excluding hydrogens is 320 g/mol. The van der Waals surface area contributed by atoms with Gasteiger partial charge in [-0.15, -0.1) is 0 Å². The number of hydrogen-bond acceptors (Lipinski definition) is 3. The Balaban J connectivity index is 1.69. The van der Waals surface area contributed by atoms with Crippen LogP contribution < -0.4 is 0 Å². The molecule has 126 valence electrons. The summed E-state index contributed by atoms with van der Waals surface area (Å²) < 4.78 is 28.1. The van der Waals surface area contributed by atoms with Crippen LogP contribution in [0.1, 0.15) is 48.4 Å². The zero-order valence-corrected chi connectivity index (χ0v) is 14.5. The van der Waals surface area contributed by atoms with Crippen molar-refractivity contribution in [1.82, 2.24) is 9.29 Å². The minimum absolute atomic E-state index is 0.0975. The summed E-state index contributed by atoms with van der Waals surface area (Å²) in [5.41, 5.74) is 3.50. The molecule has 2 aliphatic rings. The van der Waals surface area contributed by atoms with Crippen molar-refractivity contribution in [3.05, 3.63) is 59.4 Å². The lowest BCUT2D eigenvalue weighted by Gasteiger charge is -2.25. The van der Waals surface area contributed by atoms with Crippen molar-refractivity contribution < 1.29 is 8.42 Å². The maximum Gasteiger partial charge on any atom is 0.243 e. The van der Waals surface area contributed by atoms with Crippen molar-refractivity contribution in [1.29, 1.82) is 0 Å². The number of hydrogen-bond donors (Lipinski definition) is 0. The first-order valence-corrected chi connectivity index (χ1v) is 10.1. The predicted octanol–water partition coefficient (Wildman–Crippen LogP) is 3.49. The molecule has 2 heterocycles. The lowest BCUT2D eigenvalue weighted by Crippen LogP contribution is -2.31. The SMILES string of the molecule is O=S(=O)(c1ccc2c(c1)CCCC2)N1CCC[C@H]1c1cccnc1. The Bertz CT molecular complexity index is 834. The number of aromatic nitrogens is 1. The third kappa shape index (κ3) is 2.76. The number of nitrogens with zero attached hydrogens (tertiary/aromatic N) is 2. The first kappa shape index (κ1) is 15.8. The monoisotopic (exact) mass is 342 g/mol. The molecular formula is C19H22N2O2S. The fourth-order valence-electron chi connectivity index (χ4n) is 3.94. The molecule has 1 atom stereocenters. The summed E-state index contributed by atoms with van der Waals surface area (Å²) in [5.74, 6) is 0. The number of fused-ring (bicyclic) bond motifs is 1. The van der Waals surface area contributed by atoms with Crippen LogP contribution in [0.3, 0.4) is 0 Å². The van der Waals surface area contributed by atoms with Crippen LogP contribution in [0.5, 0.6) is 0 Å². The molecule has 24 heavy (non-hydrogen) atoms. The van der Waals surface area contributed by atoms with Crippen LogP contribution >= 0.6 is 0 Å². The quantitative estimate of drug-likeness (QED) is 0.858. The minimum Gasteiger partial charge on any atom is -0.264 e. The molecule has 5 heteroatoms. The van der Waals surface area contributed by atoms with E-state index in [0.717, 1.165) is 37.7 Å². The molecule has 0 amide bonds. The van der Waals surface area contributed by atoms with Crippen LogP contribution in [-0.4, -0.2) is 24.3 Å². The molecule has 1 aliphatic carbocycles. The summed E-state index contributed by atoms with van der Waals surface area (Å²) in [4.78, 5) is 4.60. The smallest absolute Gasteiger partial charge is 0.243 e. The van der Waals surface area contributed by atoms with Crippen LogP contribution in [0.2, 0.25) is 0 Å². The van der Waals surface area contributed by atoms with E-state index in [-0.39, 0.29) is 6.04 Å². The third-order valence-electron chi connectivity index (χ3n) is 5.20. The van der Waals surface area contributed by atoms with Gasteiger partial charge in [0.1, 0.15) is 0 Å². The molecule has 1 saturated heterocycles. The van der Waals surface area contributed by atoms with Gasteiger partial charge in [-0.25, -0.2) is 8.42 Å². The zero-order valence-electron chi connectivity index (χ0n) is 13.7. The van der Waals surface area contributed by atoms with Gasteiger partial charge in [-0.1, -0.05) is 12.1 Å². The Labute approximate surface area is 143 Å². The van der Waals surface area contributed by atoms with Crippen molar-refractivity contribution in [2.24, 2.45) is 0 Å². The maximum absolute atomic E-state index is 13.2. The van der Waals surface area contributed by atoms with Gasteiger partial charge in [-0.3, -0.25) is 4.98 Å². The molecule has 0 saturated carbocycles. The largest absolute Gasteiger partial charge is 0.264 e. The van der Waals surface area contributed by atoms with Crippen LogP contribution in [0.15, 0.2) is 47.6 Å². The molecule has 4 rings (SSSR count). The Morgan fingerprint density at radius 3 is 2.67 bits per heavy atom. The normalized spacial score (nSPS) is 21.6. The Morgan fingerprint density at radius 1 is 1.04 bits per heavy atom. The summed E-state index contributed by atoms with van der Waals surface area (Å²) in [6.45, 7) is 0.582. The highest BCUT2D eigenvalue weighted by Gasteiger charge is 2.36. The van der Waals surface area contributed by atoms with Crippen molar-refractivity contribution in [2.75, 3.05) is 6.54 Å². The number of benzene rings is 1. The van der Waals surface area contributed by atoms with E-state index in [0.29, 0.717) is 11.4 Å². The standard InChI is InChI=1S/C19H22N2O2S/c22-24(23,18-10-9-15-5-1-2-6-16(15)13-18)21-12-4-8-19(21)17-7-3-11-20-14-17/h3,7,9-11,13-14,19H,1-2,4-6,8,12H2/t19-/m0/s1. The number of sulfonamides is 1. The number of aryl methyl sites for hydroxylation is 2. The molecule has 0 N–H and O–H groups in total. The molecule has 0 spiro atoms. The van der Waals surface area contributed by atoms with Gasteiger partial charge in [0.05, 0.1) is 10.9 Å². The molecule has 1 aromatic carbocycles. The second-order valence-electron chi connectivity index (χ2n) is 6.70. The maximum atomic E-state index is 13.2. The average Bonchev–Trinajstić information content (AvgIpc) is 3.13. The van der Waals surface area contributed by atoms with Gasteiger partial charge in [0, 0.05) is 18.9 Å². The second kappa shape index (κ2) is 6.30. The van der Waals surface area contributed by atoms with Crippen LogP contribution in [0, 0.1) is 0 Å². The van der Waals surface area contributed by atoms with E-state index in [2.05, 4.69) is 4.98 Å². The summed E-state index contributed by atoms with van der Waals surface area (Å²) in [6, 6.07) is 9.45. The van der Waals surface area contributed by atoms with Crippen LogP contribution in [0.4, 0.5) is 0 Å². The van der Waals surface area contributed by atoms with Gasteiger partial charge >= 0.3 is 0 Å². The predicted molar refractivity (Wildman–Crippen MR) is 93.2 cm³/mol. The fourth-order valence-corrected chi connectivity index (χ4v) is 5.67. The molecule has 1 fully saturated rings. The van der Waals surface area contributed by atoms with Crippen LogP contribution in [-0.2, 0) is 22.9 Å². The van der Waals surface area contributed by atoms with Gasteiger partial charge < -0.3 is 0 Å². The zero-order chi connectivity index (χ0) is 16.6. The Kier molecular flexibility index (Phi) is 4.14. The lowest BCUT2D eigenvalue weighted by molar-refractivity contribution is 0.396.